The zero-order valence-electron chi connectivity index (χ0n) is 11.0. The molecule has 3 N–H and O–H groups in total. The van der Waals surface area contributed by atoms with Crippen LogP contribution in [0.1, 0.15) is 11.1 Å². The van der Waals surface area contributed by atoms with Crippen molar-refractivity contribution in [1.82, 2.24) is 9.97 Å². The highest BCUT2D eigenvalue weighted by Crippen LogP contribution is 2.30. The molecule has 3 aromatic rings. The van der Waals surface area contributed by atoms with E-state index in [0.717, 1.165) is 37.7 Å². The molecule has 0 atom stereocenters. The molecule has 1 heterocycles. The minimum absolute atomic E-state index is 0.784. The van der Waals surface area contributed by atoms with Gasteiger partial charge in [0.2, 0.25) is 0 Å². The number of fused-ring (bicyclic) bond motifs is 1. The normalized spacial score (nSPS) is 11.1. The van der Waals surface area contributed by atoms with Gasteiger partial charge in [-0.1, -0.05) is 39.8 Å². The summed E-state index contributed by atoms with van der Waals surface area (Å²) in [6.07, 6.45) is 0. The number of nitrogens with one attached hydrogen (secondary N) is 1. The highest BCUT2D eigenvalue weighted by molar-refractivity contribution is 9.10. The first-order chi connectivity index (χ1) is 9.63. The molecule has 1 aromatic heterocycles. The predicted octanol–water partition coefficient (Wildman–Crippen LogP) is 4.51. The average Bonchev–Trinajstić information content (AvgIpc) is 2.80. The number of aryl methyl sites for hydroxylation is 1. The number of aromatic amines is 1. The number of rotatable bonds is 3. The number of nitrogens with zero attached hydrogens (tertiary/aromatic N) is 1. The maximum Gasteiger partial charge on any atom is 0.166 e. The molecule has 0 aliphatic rings. The minimum atomic E-state index is 0.784. The second-order valence-electron chi connectivity index (χ2n) is 4.66. The van der Waals surface area contributed by atoms with Crippen LogP contribution in [0, 0.1) is 6.92 Å². The minimum Gasteiger partial charge on any atom is -0.398 e. The van der Waals surface area contributed by atoms with E-state index in [9.17, 15) is 0 Å². The van der Waals surface area contributed by atoms with Crippen LogP contribution in [0.25, 0.3) is 11.0 Å². The SMILES string of the molecule is Cc1ccc2nc(SCc3c(N)cccc3Br)[nH]c2c1. The van der Waals surface area contributed by atoms with Crippen LogP contribution in [0.4, 0.5) is 5.69 Å². The summed E-state index contributed by atoms with van der Waals surface area (Å²) in [6.45, 7) is 2.08. The third kappa shape index (κ3) is 2.69. The van der Waals surface area contributed by atoms with E-state index >= 15 is 0 Å². The van der Waals surface area contributed by atoms with Gasteiger partial charge >= 0.3 is 0 Å². The second-order valence-corrected chi connectivity index (χ2v) is 6.48. The Labute approximate surface area is 130 Å². The van der Waals surface area contributed by atoms with Crippen LogP contribution in [0.2, 0.25) is 0 Å². The quantitative estimate of drug-likeness (QED) is 0.541. The number of H-pyrrole nitrogens is 1. The van der Waals surface area contributed by atoms with Crippen molar-refractivity contribution in [2.24, 2.45) is 0 Å². The molecule has 0 fully saturated rings. The smallest absolute Gasteiger partial charge is 0.166 e. The lowest BCUT2D eigenvalue weighted by Crippen LogP contribution is -1.93. The molecule has 0 saturated carbocycles. The summed E-state index contributed by atoms with van der Waals surface area (Å²) < 4.78 is 1.04. The van der Waals surface area contributed by atoms with Gasteiger partial charge in [-0.15, -0.1) is 0 Å². The first kappa shape index (κ1) is 13.5. The molecule has 0 spiro atoms. The Bertz CT molecular complexity index is 747. The van der Waals surface area contributed by atoms with Crippen LogP contribution in [-0.2, 0) is 5.75 Å². The standard InChI is InChI=1S/C15H14BrN3S/c1-9-5-6-13-14(7-9)19-15(18-13)20-8-10-11(16)3-2-4-12(10)17/h2-7H,8,17H2,1H3,(H,18,19). The van der Waals surface area contributed by atoms with Crippen molar-refractivity contribution < 1.29 is 0 Å². The van der Waals surface area contributed by atoms with Crippen LogP contribution < -0.4 is 5.73 Å². The van der Waals surface area contributed by atoms with E-state index in [1.165, 1.54) is 5.56 Å². The number of thioether (sulfide) groups is 1. The van der Waals surface area contributed by atoms with Crippen LogP contribution >= 0.6 is 27.7 Å². The molecule has 0 aliphatic heterocycles. The summed E-state index contributed by atoms with van der Waals surface area (Å²) >= 11 is 5.20. The zero-order chi connectivity index (χ0) is 14.1. The number of anilines is 1. The predicted molar refractivity (Wildman–Crippen MR) is 88.9 cm³/mol. The average molecular weight is 348 g/mol. The highest BCUT2D eigenvalue weighted by atomic mass is 79.9. The molecule has 2 aromatic carbocycles. The van der Waals surface area contributed by atoms with Crippen LogP contribution in [0.15, 0.2) is 46.0 Å². The second kappa shape index (κ2) is 5.50. The fourth-order valence-corrected chi connectivity index (χ4v) is 3.69. The van der Waals surface area contributed by atoms with Gasteiger partial charge in [-0.3, -0.25) is 0 Å². The molecular formula is C15H14BrN3S. The van der Waals surface area contributed by atoms with Crippen LogP contribution in [0.5, 0.6) is 0 Å². The van der Waals surface area contributed by atoms with E-state index in [1.807, 2.05) is 24.3 Å². The molecule has 3 rings (SSSR count). The molecular weight excluding hydrogens is 334 g/mol. The Morgan fingerprint density at radius 2 is 2.15 bits per heavy atom. The summed E-state index contributed by atoms with van der Waals surface area (Å²) in [5, 5.41) is 0.917. The summed E-state index contributed by atoms with van der Waals surface area (Å²) in [5.74, 6) is 0.784. The molecule has 0 unspecified atom stereocenters. The molecule has 3 nitrogen and oxygen atoms in total. The number of halogens is 1. The summed E-state index contributed by atoms with van der Waals surface area (Å²) in [7, 11) is 0. The topological polar surface area (TPSA) is 54.7 Å². The van der Waals surface area contributed by atoms with Crippen molar-refractivity contribution in [3.63, 3.8) is 0 Å². The van der Waals surface area contributed by atoms with E-state index in [4.69, 9.17) is 5.73 Å². The number of hydrogen-bond donors (Lipinski definition) is 2. The molecule has 0 amide bonds. The summed E-state index contributed by atoms with van der Waals surface area (Å²) in [4.78, 5) is 7.92. The number of nitrogen functional groups attached to an aromatic ring is 1. The van der Waals surface area contributed by atoms with Crippen molar-refractivity contribution in [3.05, 3.63) is 52.0 Å². The van der Waals surface area contributed by atoms with E-state index in [0.29, 0.717) is 0 Å². The van der Waals surface area contributed by atoms with Gasteiger partial charge in [-0.05, 0) is 42.3 Å². The Balaban J connectivity index is 1.83. The van der Waals surface area contributed by atoms with Crippen molar-refractivity contribution in [2.45, 2.75) is 17.8 Å². The van der Waals surface area contributed by atoms with E-state index in [-0.39, 0.29) is 0 Å². The zero-order valence-corrected chi connectivity index (χ0v) is 13.4. The van der Waals surface area contributed by atoms with Gasteiger partial charge in [-0.2, -0.15) is 0 Å². The summed E-state index contributed by atoms with van der Waals surface area (Å²) in [6, 6.07) is 12.1. The Morgan fingerprint density at radius 1 is 1.30 bits per heavy atom. The third-order valence-corrected chi connectivity index (χ3v) is 4.77. The fourth-order valence-electron chi connectivity index (χ4n) is 2.04. The van der Waals surface area contributed by atoms with Crippen molar-refractivity contribution in [3.8, 4) is 0 Å². The number of benzene rings is 2. The maximum absolute atomic E-state index is 6.01. The van der Waals surface area contributed by atoms with Gasteiger partial charge in [0, 0.05) is 15.9 Å². The molecule has 20 heavy (non-hydrogen) atoms. The van der Waals surface area contributed by atoms with Gasteiger partial charge in [0.15, 0.2) is 5.16 Å². The Kier molecular flexibility index (Phi) is 3.72. The molecule has 0 bridgehead atoms. The van der Waals surface area contributed by atoms with Crippen LogP contribution in [0.3, 0.4) is 0 Å². The number of imidazole rings is 1. The van der Waals surface area contributed by atoms with Gasteiger partial charge in [0.05, 0.1) is 11.0 Å². The summed E-state index contributed by atoms with van der Waals surface area (Å²) in [5.41, 5.74) is 11.2. The molecule has 0 saturated heterocycles. The lowest BCUT2D eigenvalue weighted by Gasteiger charge is -2.06. The molecule has 0 radical (unpaired) electrons. The monoisotopic (exact) mass is 347 g/mol. The molecule has 0 aliphatic carbocycles. The lowest BCUT2D eigenvalue weighted by molar-refractivity contribution is 1.08. The lowest BCUT2D eigenvalue weighted by atomic mass is 10.2. The fraction of sp³-hybridized carbons (Fsp3) is 0.133. The van der Waals surface area contributed by atoms with Crippen molar-refractivity contribution >= 4 is 44.4 Å². The van der Waals surface area contributed by atoms with Crippen molar-refractivity contribution in [1.29, 1.82) is 0 Å². The van der Waals surface area contributed by atoms with E-state index in [1.54, 1.807) is 11.8 Å². The van der Waals surface area contributed by atoms with Gasteiger partial charge in [0.25, 0.3) is 0 Å². The first-order valence-electron chi connectivity index (χ1n) is 6.25. The Morgan fingerprint density at radius 3 is 2.95 bits per heavy atom. The van der Waals surface area contributed by atoms with E-state index < -0.39 is 0 Å². The highest BCUT2D eigenvalue weighted by Gasteiger charge is 2.08. The van der Waals surface area contributed by atoms with Crippen molar-refractivity contribution in [2.75, 3.05) is 5.73 Å². The van der Waals surface area contributed by atoms with Gasteiger partial charge in [0.1, 0.15) is 0 Å². The van der Waals surface area contributed by atoms with Gasteiger partial charge in [-0.25, -0.2) is 4.98 Å². The van der Waals surface area contributed by atoms with E-state index in [2.05, 4.69) is 45.0 Å². The number of aromatic nitrogens is 2. The maximum atomic E-state index is 6.01. The van der Waals surface area contributed by atoms with Crippen LogP contribution in [-0.4, -0.2) is 9.97 Å². The third-order valence-electron chi connectivity index (χ3n) is 3.12. The molecule has 102 valence electrons. The number of nitrogens with two attached hydrogens (primary N) is 1. The number of hydrogen-bond acceptors (Lipinski definition) is 3. The van der Waals surface area contributed by atoms with Gasteiger partial charge < -0.3 is 10.7 Å². The Hall–Kier alpha value is -1.46. The first-order valence-corrected chi connectivity index (χ1v) is 8.03. The molecule has 5 heteroatoms. The largest absolute Gasteiger partial charge is 0.398 e.